The minimum absolute atomic E-state index is 0.366. The Labute approximate surface area is 192 Å². The molecule has 31 heavy (non-hydrogen) atoms. The monoisotopic (exact) mass is 498 g/mol. The van der Waals surface area contributed by atoms with Crippen LogP contribution in [0.3, 0.4) is 0 Å². The predicted molar refractivity (Wildman–Crippen MR) is 125 cm³/mol. The molecule has 4 aromatic rings. The highest BCUT2D eigenvalue weighted by Gasteiger charge is 2.34. The van der Waals surface area contributed by atoms with Crippen molar-refractivity contribution in [3.05, 3.63) is 58.0 Å². The van der Waals surface area contributed by atoms with Crippen molar-refractivity contribution in [3.8, 4) is 0 Å². The summed E-state index contributed by atoms with van der Waals surface area (Å²) < 4.78 is 8.20. The molecule has 6 rings (SSSR count). The van der Waals surface area contributed by atoms with Gasteiger partial charge in [-0.05, 0) is 28.1 Å². The number of pyridine rings is 1. The highest BCUT2D eigenvalue weighted by molar-refractivity contribution is 9.10. The van der Waals surface area contributed by atoms with E-state index in [1.807, 2.05) is 16.5 Å². The number of ether oxygens (including phenoxy) is 1. The van der Waals surface area contributed by atoms with Gasteiger partial charge in [0, 0.05) is 43.2 Å². The summed E-state index contributed by atoms with van der Waals surface area (Å²) in [4.78, 5) is 18.8. The summed E-state index contributed by atoms with van der Waals surface area (Å²) in [5.74, 6) is 2.00. The van der Waals surface area contributed by atoms with Gasteiger partial charge >= 0.3 is 0 Å². The molecule has 9 heteroatoms. The van der Waals surface area contributed by atoms with E-state index in [0.717, 1.165) is 59.3 Å². The maximum atomic E-state index is 6.79. The number of benzene rings is 1. The Kier molecular flexibility index (Phi) is 4.74. The van der Waals surface area contributed by atoms with E-state index in [4.69, 9.17) is 26.3 Å². The molecule has 0 radical (unpaired) electrons. The van der Waals surface area contributed by atoms with Crippen molar-refractivity contribution in [2.45, 2.75) is 5.92 Å². The van der Waals surface area contributed by atoms with Gasteiger partial charge in [-0.15, -0.1) is 0 Å². The van der Waals surface area contributed by atoms with Crippen molar-refractivity contribution in [2.24, 2.45) is 0 Å². The van der Waals surface area contributed by atoms with E-state index in [9.17, 15) is 0 Å². The van der Waals surface area contributed by atoms with Gasteiger partial charge in [-0.3, -0.25) is 9.38 Å². The lowest BCUT2D eigenvalue weighted by atomic mass is 9.95. The lowest BCUT2D eigenvalue weighted by Gasteiger charge is -2.39. The molecule has 7 nitrogen and oxygen atoms in total. The third-order valence-corrected chi connectivity index (χ3v) is 6.94. The molecule has 0 spiro atoms. The van der Waals surface area contributed by atoms with Crippen molar-refractivity contribution >= 4 is 55.7 Å². The van der Waals surface area contributed by atoms with Gasteiger partial charge in [0.1, 0.15) is 4.60 Å². The SMILES string of the molecule is Clc1c(N2CC(c3ccc4ccccc4n3)C2)nc2c(N3CCOCC3)ncc(Br)n12. The van der Waals surface area contributed by atoms with Gasteiger partial charge in [0.15, 0.2) is 22.4 Å². The summed E-state index contributed by atoms with van der Waals surface area (Å²) in [6, 6.07) is 12.5. The fourth-order valence-corrected chi connectivity index (χ4v) is 5.19. The molecular formula is C22H20BrClN6O. The first-order chi connectivity index (χ1) is 15.2. The Balaban J connectivity index is 1.30. The number of imidazole rings is 1. The first-order valence-corrected chi connectivity index (χ1v) is 11.5. The van der Waals surface area contributed by atoms with E-state index in [1.165, 1.54) is 5.39 Å². The van der Waals surface area contributed by atoms with Crippen LogP contribution in [0.4, 0.5) is 11.6 Å². The smallest absolute Gasteiger partial charge is 0.184 e. The third-order valence-electron chi connectivity index (χ3n) is 6.04. The number of nitrogens with zero attached hydrogens (tertiary/aromatic N) is 6. The molecule has 2 fully saturated rings. The number of hydrogen-bond donors (Lipinski definition) is 0. The van der Waals surface area contributed by atoms with Crippen molar-refractivity contribution in [1.82, 2.24) is 19.4 Å². The topological polar surface area (TPSA) is 58.8 Å². The van der Waals surface area contributed by atoms with Crippen LogP contribution in [0.1, 0.15) is 11.6 Å². The maximum absolute atomic E-state index is 6.79. The van der Waals surface area contributed by atoms with Crippen molar-refractivity contribution < 1.29 is 4.74 Å². The Morgan fingerprint density at radius 3 is 2.61 bits per heavy atom. The van der Waals surface area contributed by atoms with E-state index < -0.39 is 0 Å². The molecule has 2 aliphatic heterocycles. The van der Waals surface area contributed by atoms with Crippen molar-refractivity contribution in [3.63, 3.8) is 0 Å². The standard InChI is InChI=1S/C22H20BrClN6O/c23-18-11-25-21(28-7-9-31-10-8-28)22-27-20(19(24)30(18)22)29-12-15(13-29)17-6-5-14-3-1-2-4-16(14)26-17/h1-6,11,15H,7-10,12-13H2. The normalized spacial score (nSPS) is 17.5. The molecule has 0 saturated carbocycles. The second-order valence-electron chi connectivity index (χ2n) is 7.92. The second-order valence-corrected chi connectivity index (χ2v) is 9.09. The third kappa shape index (κ3) is 3.24. The summed E-state index contributed by atoms with van der Waals surface area (Å²) in [5.41, 5.74) is 2.92. The first-order valence-electron chi connectivity index (χ1n) is 10.3. The average molecular weight is 500 g/mol. The number of morpholine rings is 1. The van der Waals surface area contributed by atoms with Crippen LogP contribution in [-0.2, 0) is 4.74 Å². The highest BCUT2D eigenvalue weighted by Crippen LogP contribution is 2.38. The van der Waals surface area contributed by atoms with Crippen LogP contribution >= 0.6 is 27.5 Å². The number of aromatic nitrogens is 4. The van der Waals surface area contributed by atoms with Crippen LogP contribution < -0.4 is 9.80 Å². The van der Waals surface area contributed by atoms with E-state index in [0.29, 0.717) is 24.3 Å². The molecule has 5 heterocycles. The molecule has 3 aromatic heterocycles. The fourth-order valence-electron chi connectivity index (χ4n) is 4.31. The van der Waals surface area contributed by atoms with Crippen LogP contribution in [0.15, 0.2) is 47.2 Å². The lowest BCUT2D eigenvalue weighted by Crippen LogP contribution is -2.45. The number of halogens is 2. The van der Waals surface area contributed by atoms with Crippen LogP contribution in [0, 0.1) is 0 Å². The van der Waals surface area contributed by atoms with Gasteiger partial charge in [-0.25, -0.2) is 9.97 Å². The van der Waals surface area contributed by atoms with Crippen LogP contribution in [-0.4, -0.2) is 58.7 Å². The molecule has 0 bridgehead atoms. The molecule has 2 saturated heterocycles. The predicted octanol–water partition coefficient (Wildman–Crippen LogP) is 4.13. The largest absolute Gasteiger partial charge is 0.378 e. The Hall–Kier alpha value is -2.42. The zero-order valence-corrected chi connectivity index (χ0v) is 19.1. The lowest BCUT2D eigenvalue weighted by molar-refractivity contribution is 0.122. The van der Waals surface area contributed by atoms with E-state index in [2.05, 4.69) is 55.0 Å². The van der Waals surface area contributed by atoms with Gasteiger partial charge in [-0.1, -0.05) is 35.9 Å². The van der Waals surface area contributed by atoms with Gasteiger partial charge in [-0.2, -0.15) is 0 Å². The van der Waals surface area contributed by atoms with E-state index in [1.54, 1.807) is 6.20 Å². The van der Waals surface area contributed by atoms with Crippen molar-refractivity contribution in [1.29, 1.82) is 0 Å². The summed E-state index contributed by atoms with van der Waals surface area (Å²) in [6.07, 6.45) is 1.78. The van der Waals surface area contributed by atoms with Gasteiger partial charge < -0.3 is 14.5 Å². The van der Waals surface area contributed by atoms with Crippen LogP contribution in [0.25, 0.3) is 16.6 Å². The minimum Gasteiger partial charge on any atom is -0.378 e. The van der Waals surface area contributed by atoms with E-state index >= 15 is 0 Å². The summed E-state index contributed by atoms with van der Waals surface area (Å²) in [6.45, 7) is 4.66. The Morgan fingerprint density at radius 1 is 0.968 bits per heavy atom. The number of rotatable bonds is 3. The van der Waals surface area contributed by atoms with Gasteiger partial charge in [0.2, 0.25) is 0 Å². The Morgan fingerprint density at radius 2 is 1.77 bits per heavy atom. The maximum Gasteiger partial charge on any atom is 0.184 e. The zero-order chi connectivity index (χ0) is 20.9. The molecule has 158 valence electrons. The molecule has 2 aliphatic rings. The summed E-state index contributed by atoms with van der Waals surface area (Å²) >= 11 is 10.4. The van der Waals surface area contributed by atoms with Crippen LogP contribution in [0.2, 0.25) is 5.15 Å². The summed E-state index contributed by atoms with van der Waals surface area (Å²) in [5, 5.41) is 1.77. The second kappa shape index (κ2) is 7.62. The van der Waals surface area contributed by atoms with Crippen LogP contribution in [0.5, 0.6) is 0 Å². The summed E-state index contributed by atoms with van der Waals surface area (Å²) in [7, 11) is 0. The molecule has 0 aliphatic carbocycles. The van der Waals surface area contributed by atoms with E-state index in [-0.39, 0.29) is 0 Å². The Bertz CT molecular complexity index is 1280. The highest BCUT2D eigenvalue weighted by atomic mass is 79.9. The number of anilines is 2. The molecular weight excluding hydrogens is 480 g/mol. The van der Waals surface area contributed by atoms with Gasteiger partial charge in [0.25, 0.3) is 0 Å². The zero-order valence-electron chi connectivity index (χ0n) is 16.7. The number of para-hydroxylation sites is 1. The quantitative estimate of drug-likeness (QED) is 0.422. The first kappa shape index (κ1) is 19.3. The molecule has 0 amide bonds. The van der Waals surface area contributed by atoms with Gasteiger partial charge in [0.05, 0.1) is 24.9 Å². The number of hydrogen-bond acceptors (Lipinski definition) is 6. The average Bonchev–Trinajstić information content (AvgIpc) is 3.11. The molecule has 0 atom stereocenters. The molecule has 1 aromatic carbocycles. The fraction of sp³-hybridized carbons (Fsp3) is 0.318. The minimum atomic E-state index is 0.366. The van der Waals surface area contributed by atoms with Crippen molar-refractivity contribution in [2.75, 3.05) is 49.2 Å². The molecule has 0 unspecified atom stereocenters. The number of fused-ring (bicyclic) bond motifs is 2. The molecule has 0 N–H and O–H groups in total.